The molecule has 1 aliphatic carbocycles. The van der Waals surface area contributed by atoms with Gasteiger partial charge in [0.05, 0.1) is 13.0 Å². The monoisotopic (exact) mass is 477 g/mol. The van der Waals surface area contributed by atoms with E-state index in [2.05, 4.69) is 17.4 Å². The van der Waals surface area contributed by atoms with Gasteiger partial charge >= 0.3 is 5.97 Å². The van der Waals surface area contributed by atoms with Gasteiger partial charge in [-0.1, -0.05) is 41.9 Å². The van der Waals surface area contributed by atoms with Gasteiger partial charge in [0.1, 0.15) is 5.75 Å². The molecular formula is C28H28ClNO4. The maximum absolute atomic E-state index is 13.1. The van der Waals surface area contributed by atoms with Crippen LogP contribution in [-0.2, 0) is 17.6 Å². The van der Waals surface area contributed by atoms with Crippen molar-refractivity contribution < 1.29 is 19.4 Å². The predicted molar refractivity (Wildman–Crippen MR) is 134 cm³/mol. The molecule has 1 amide bonds. The second kappa shape index (κ2) is 10.3. The van der Waals surface area contributed by atoms with Gasteiger partial charge in [0.2, 0.25) is 0 Å². The van der Waals surface area contributed by atoms with Gasteiger partial charge in [-0.25, -0.2) is 0 Å². The maximum atomic E-state index is 13.1. The molecule has 2 N–H and O–H groups in total. The SMILES string of the molecule is Cc1cc(OCCc2ccccc2)cc(C)c1C(=O)Nc1cc(Cl)c(C2CC2)c(CC(=O)O)c1. The Hall–Kier alpha value is -3.31. The van der Waals surface area contributed by atoms with Gasteiger partial charge in [-0.05, 0) is 84.7 Å². The van der Waals surface area contributed by atoms with Gasteiger partial charge in [0.25, 0.3) is 5.91 Å². The number of hydrogen-bond acceptors (Lipinski definition) is 3. The van der Waals surface area contributed by atoms with Crippen LogP contribution in [0.15, 0.2) is 54.6 Å². The van der Waals surface area contributed by atoms with Crippen molar-refractivity contribution in [3.63, 3.8) is 0 Å². The lowest BCUT2D eigenvalue weighted by Gasteiger charge is -2.16. The molecule has 0 aliphatic heterocycles. The Morgan fingerprint density at radius 3 is 2.35 bits per heavy atom. The molecule has 0 unspecified atom stereocenters. The number of ether oxygens (including phenoxy) is 1. The third-order valence-electron chi connectivity index (χ3n) is 6.04. The predicted octanol–water partition coefficient (Wildman–Crippen LogP) is 6.34. The summed E-state index contributed by atoms with van der Waals surface area (Å²) < 4.78 is 5.93. The van der Waals surface area contributed by atoms with Gasteiger partial charge in [-0.2, -0.15) is 0 Å². The summed E-state index contributed by atoms with van der Waals surface area (Å²) in [5.74, 6) is -0.146. The summed E-state index contributed by atoms with van der Waals surface area (Å²) in [4.78, 5) is 24.5. The second-order valence-corrected chi connectivity index (χ2v) is 9.25. The number of amides is 1. The molecule has 6 heteroatoms. The van der Waals surface area contributed by atoms with Crippen molar-refractivity contribution in [3.8, 4) is 5.75 Å². The molecule has 0 aromatic heterocycles. The van der Waals surface area contributed by atoms with Crippen molar-refractivity contribution in [1.29, 1.82) is 0 Å². The molecule has 5 nitrogen and oxygen atoms in total. The van der Waals surface area contributed by atoms with E-state index in [4.69, 9.17) is 16.3 Å². The van der Waals surface area contributed by atoms with Crippen LogP contribution in [0.5, 0.6) is 5.75 Å². The first-order chi connectivity index (χ1) is 16.3. The van der Waals surface area contributed by atoms with Crippen LogP contribution < -0.4 is 10.1 Å². The van der Waals surface area contributed by atoms with Crippen molar-refractivity contribution in [2.24, 2.45) is 0 Å². The average molecular weight is 478 g/mol. The summed E-state index contributed by atoms with van der Waals surface area (Å²) in [6, 6.07) is 17.3. The normalized spacial score (nSPS) is 12.9. The van der Waals surface area contributed by atoms with Crippen molar-refractivity contribution in [3.05, 3.63) is 93.0 Å². The number of halogens is 1. The summed E-state index contributed by atoms with van der Waals surface area (Å²) in [6.07, 6.45) is 2.70. The highest BCUT2D eigenvalue weighted by molar-refractivity contribution is 6.32. The number of carbonyl (C=O) groups is 2. The summed E-state index contributed by atoms with van der Waals surface area (Å²) in [6.45, 7) is 4.31. The Bertz CT molecular complexity index is 1200. The van der Waals surface area contributed by atoms with Gasteiger partial charge in [0.15, 0.2) is 0 Å². The zero-order chi connectivity index (χ0) is 24.2. The summed E-state index contributed by atoms with van der Waals surface area (Å²) in [5, 5.41) is 12.7. The molecule has 3 aromatic carbocycles. The number of carbonyl (C=O) groups excluding carboxylic acids is 1. The van der Waals surface area contributed by atoms with E-state index in [-0.39, 0.29) is 12.3 Å². The number of benzene rings is 3. The zero-order valence-corrected chi connectivity index (χ0v) is 20.1. The average Bonchev–Trinajstić information content (AvgIpc) is 3.58. The highest BCUT2D eigenvalue weighted by atomic mass is 35.5. The third-order valence-corrected chi connectivity index (χ3v) is 6.35. The maximum Gasteiger partial charge on any atom is 0.307 e. The molecule has 0 bridgehead atoms. The van der Waals surface area contributed by atoms with Crippen molar-refractivity contribution in [1.82, 2.24) is 0 Å². The fourth-order valence-corrected chi connectivity index (χ4v) is 4.77. The zero-order valence-electron chi connectivity index (χ0n) is 19.4. The van der Waals surface area contributed by atoms with Crippen molar-refractivity contribution in [2.45, 2.75) is 45.4 Å². The fraction of sp³-hybridized carbons (Fsp3) is 0.286. The lowest BCUT2D eigenvalue weighted by atomic mass is 9.98. The molecule has 1 saturated carbocycles. The standard InChI is InChI=1S/C28H28ClNO4/c1-17-12-23(34-11-10-19-6-4-3-5-7-19)13-18(2)26(17)28(33)30-22-14-21(15-25(31)32)27(20-8-9-20)24(29)16-22/h3-7,12-14,16,20H,8-11,15H2,1-2H3,(H,30,33)(H,31,32). The van der Waals surface area contributed by atoms with Crippen LogP contribution in [0.2, 0.25) is 5.02 Å². The van der Waals surface area contributed by atoms with Crippen LogP contribution in [0, 0.1) is 13.8 Å². The Labute approximate surface area is 204 Å². The van der Waals surface area contributed by atoms with Crippen LogP contribution in [0.3, 0.4) is 0 Å². The van der Waals surface area contributed by atoms with E-state index in [1.165, 1.54) is 5.56 Å². The number of rotatable bonds is 9. The summed E-state index contributed by atoms with van der Waals surface area (Å²) >= 11 is 6.50. The van der Waals surface area contributed by atoms with Gasteiger partial charge in [-0.3, -0.25) is 9.59 Å². The van der Waals surface area contributed by atoms with E-state index in [0.29, 0.717) is 34.4 Å². The molecule has 0 atom stereocenters. The lowest BCUT2D eigenvalue weighted by Crippen LogP contribution is -2.16. The molecule has 4 rings (SSSR count). The number of carboxylic acid groups (broad SMARTS) is 1. The Morgan fingerprint density at radius 1 is 1.06 bits per heavy atom. The molecule has 0 saturated heterocycles. The third kappa shape index (κ3) is 5.78. The molecule has 0 heterocycles. The number of anilines is 1. The smallest absolute Gasteiger partial charge is 0.307 e. The number of carboxylic acids is 1. The van der Waals surface area contributed by atoms with Crippen LogP contribution >= 0.6 is 11.6 Å². The highest BCUT2D eigenvalue weighted by Crippen LogP contribution is 2.46. The Kier molecular flexibility index (Phi) is 7.23. The molecule has 1 fully saturated rings. The quantitative estimate of drug-likeness (QED) is 0.377. The fourth-order valence-electron chi connectivity index (χ4n) is 4.38. The van der Waals surface area contributed by atoms with Crippen molar-refractivity contribution in [2.75, 3.05) is 11.9 Å². The minimum atomic E-state index is -0.920. The highest BCUT2D eigenvalue weighted by Gasteiger charge is 2.29. The number of hydrogen-bond donors (Lipinski definition) is 2. The molecule has 0 radical (unpaired) electrons. The van der Waals surface area contributed by atoms with E-state index < -0.39 is 5.97 Å². The van der Waals surface area contributed by atoms with E-state index in [1.807, 2.05) is 44.2 Å². The van der Waals surface area contributed by atoms with Crippen LogP contribution in [-0.4, -0.2) is 23.6 Å². The number of nitrogens with one attached hydrogen (secondary N) is 1. The van der Waals surface area contributed by atoms with Gasteiger partial charge in [0, 0.05) is 22.7 Å². The topological polar surface area (TPSA) is 75.6 Å². The Morgan fingerprint density at radius 2 is 1.74 bits per heavy atom. The molecule has 0 spiro atoms. The van der Waals surface area contributed by atoms with Crippen LogP contribution in [0.1, 0.15) is 56.9 Å². The Balaban J connectivity index is 1.48. The molecule has 3 aromatic rings. The van der Waals surface area contributed by atoms with E-state index in [9.17, 15) is 14.7 Å². The molecule has 176 valence electrons. The number of aryl methyl sites for hydroxylation is 2. The second-order valence-electron chi connectivity index (χ2n) is 8.85. The van der Waals surface area contributed by atoms with Crippen LogP contribution in [0.25, 0.3) is 0 Å². The molecule has 34 heavy (non-hydrogen) atoms. The summed E-state index contributed by atoms with van der Waals surface area (Å²) in [5.41, 5.74) is 5.44. The first-order valence-corrected chi connectivity index (χ1v) is 11.8. The first kappa shape index (κ1) is 23.8. The largest absolute Gasteiger partial charge is 0.493 e. The van der Waals surface area contributed by atoms with E-state index >= 15 is 0 Å². The van der Waals surface area contributed by atoms with E-state index in [0.717, 1.165) is 41.7 Å². The van der Waals surface area contributed by atoms with Crippen LogP contribution in [0.4, 0.5) is 5.69 Å². The van der Waals surface area contributed by atoms with Crippen molar-refractivity contribution >= 4 is 29.2 Å². The summed E-state index contributed by atoms with van der Waals surface area (Å²) in [7, 11) is 0. The minimum absolute atomic E-state index is 0.123. The number of aliphatic carboxylic acids is 1. The van der Waals surface area contributed by atoms with Gasteiger partial charge in [-0.15, -0.1) is 0 Å². The van der Waals surface area contributed by atoms with E-state index in [1.54, 1.807) is 12.1 Å². The molecule has 1 aliphatic rings. The van der Waals surface area contributed by atoms with Gasteiger partial charge < -0.3 is 15.2 Å². The minimum Gasteiger partial charge on any atom is -0.493 e. The lowest BCUT2D eigenvalue weighted by molar-refractivity contribution is -0.136. The molecular weight excluding hydrogens is 450 g/mol. The first-order valence-electron chi connectivity index (χ1n) is 11.4.